The molecule has 0 unspecified atom stereocenters. The molecule has 2 aromatic carbocycles. The first-order valence-electron chi connectivity index (χ1n) is 6.76. The van der Waals surface area contributed by atoms with Crippen molar-refractivity contribution in [3.63, 3.8) is 0 Å². The van der Waals surface area contributed by atoms with E-state index in [9.17, 15) is 4.79 Å². The second-order valence-corrected chi connectivity index (χ2v) is 4.43. The van der Waals surface area contributed by atoms with Gasteiger partial charge in [0.2, 0.25) is 0 Å². The van der Waals surface area contributed by atoms with Crippen LogP contribution in [0.3, 0.4) is 0 Å². The zero-order chi connectivity index (χ0) is 14.9. The summed E-state index contributed by atoms with van der Waals surface area (Å²) in [5.74, 6) is 5.98. The van der Waals surface area contributed by atoms with Crippen LogP contribution in [0.4, 0.5) is 0 Å². The third kappa shape index (κ3) is 4.70. The average molecular weight is 279 g/mol. The molecule has 0 spiro atoms. The van der Waals surface area contributed by atoms with Crippen molar-refractivity contribution < 1.29 is 9.53 Å². The Balaban J connectivity index is 1.84. The highest BCUT2D eigenvalue weighted by Gasteiger charge is 2.02. The van der Waals surface area contributed by atoms with E-state index in [1.165, 1.54) is 0 Å². The quantitative estimate of drug-likeness (QED) is 0.873. The Morgan fingerprint density at radius 2 is 1.81 bits per heavy atom. The lowest BCUT2D eigenvalue weighted by Gasteiger charge is -2.07. The Bertz CT molecular complexity index is 654. The van der Waals surface area contributed by atoms with Gasteiger partial charge in [-0.25, -0.2) is 0 Å². The molecule has 0 bridgehead atoms. The number of benzene rings is 2. The maximum Gasteiger partial charge on any atom is 0.296 e. The molecule has 2 aromatic rings. The molecule has 0 aliphatic rings. The van der Waals surface area contributed by atoms with Crippen LogP contribution in [0.2, 0.25) is 0 Å². The molecule has 0 saturated carbocycles. The van der Waals surface area contributed by atoms with Crippen molar-refractivity contribution in [2.75, 3.05) is 13.7 Å². The van der Waals surface area contributed by atoms with Gasteiger partial charge in [-0.3, -0.25) is 4.79 Å². The minimum absolute atomic E-state index is 0.270. The van der Waals surface area contributed by atoms with Gasteiger partial charge >= 0.3 is 0 Å². The highest BCUT2D eigenvalue weighted by molar-refractivity contribution is 5.94. The molecule has 1 N–H and O–H groups in total. The highest BCUT2D eigenvalue weighted by atomic mass is 16.5. The van der Waals surface area contributed by atoms with Crippen molar-refractivity contribution in [1.29, 1.82) is 0 Å². The number of ether oxygens (including phenoxy) is 1. The summed E-state index contributed by atoms with van der Waals surface area (Å²) in [5, 5.41) is 2.78. The summed E-state index contributed by atoms with van der Waals surface area (Å²) in [6.07, 6.45) is 0.711. The number of rotatable bonds is 4. The molecule has 3 heteroatoms. The van der Waals surface area contributed by atoms with Gasteiger partial charge in [0.25, 0.3) is 5.91 Å². The van der Waals surface area contributed by atoms with Gasteiger partial charge in [0.1, 0.15) is 5.75 Å². The fourth-order valence-electron chi connectivity index (χ4n) is 1.91. The molecule has 0 aliphatic heterocycles. The van der Waals surface area contributed by atoms with Crippen LogP contribution in [0.25, 0.3) is 0 Å². The van der Waals surface area contributed by atoms with E-state index in [2.05, 4.69) is 17.2 Å². The fourth-order valence-corrected chi connectivity index (χ4v) is 1.91. The van der Waals surface area contributed by atoms with E-state index in [-0.39, 0.29) is 5.91 Å². The van der Waals surface area contributed by atoms with Crippen LogP contribution in [0.5, 0.6) is 5.75 Å². The standard InChI is InChI=1S/C18H17NO2/c1-21-17-10-6-5-9-16(17)13-14-19-18(20)12-11-15-7-3-2-4-8-15/h2-10H,13-14H2,1H3,(H,19,20). The summed E-state index contributed by atoms with van der Waals surface area (Å²) in [6.45, 7) is 0.530. The van der Waals surface area contributed by atoms with Crippen molar-refractivity contribution in [2.24, 2.45) is 0 Å². The molecule has 0 saturated heterocycles. The topological polar surface area (TPSA) is 38.3 Å². The van der Waals surface area contributed by atoms with Crippen LogP contribution in [0.15, 0.2) is 54.6 Å². The van der Waals surface area contributed by atoms with Gasteiger partial charge < -0.3 is 10.1 Å². The number of carbonyl (C=O) groups excluding carboxylic acids is 1. The first-order valence-corrected chi connectivity index (χ1v) is 6.76. The maximum atomic E-state index is 11.6. The summed E-state index contributed by atoms with van der Waals surface area (Å²) in [6, 6.07) is 17.2. The third-order valence-corrected chi connectivity index (χ3v) is 2.97. The lowest BCUT2D eigenvalue weighted by Crippen LogP contribution is -2.24. The molecule has 0 fully saturated rings. The minimum atomic E-state index is -0.270. The smallest absolute Gasteiger partial charge is 0.296 e. The second-order valence-electron chi connectivity index (χ2n) is 4.43. The van der Waals surface area contributed by atoms with E-state index in [1.807, 2.05) is 54.6 Å². The maximum absolute atomic E-state index is 11.6. The molecule has 3 nitrogen and oxygen atoms in total. The predicted octanol–water partition coefficient (Wildman–Crippen LogP) is 2.41. The summed E-state index contributed by atoms with van der Waals surface area (Å²) in [7, 11) is 1.64. The van der Waals surface area contributed by atoms with Gasteiger partial charge in [0.15, 0.2) is 0 Å². The summed E-state index contributed by atoms with van der Waals surface area (Å²) in [4.78, 5) is 11.6. The van der Waals surface area contributed by atoms with E-state index >= 15 is 0 Å². The molecule has 21 heavy (non-hydrogen) atoms. The van der Waals surface area contributed by atoms with Crippen LogP contribution in [-0.2, 0) is 11.2 Å². The van der Waals surface area contributed by atoms with E-state index in [1.54, 1.807) is 7.11 Å². The van der Waals surface area contributed by atoms with Crippen LogP contribution in [-0.4, -0.2) is 19.6 Å². The highest BCUT2D eigenvalue weighted by Crippen LogP contribution is 2.17. The van der Waals surface area contributed by atoms with Crippen molar-refractivity contribution in [3.8, 4) is 17.6 Å². The lowest BCUT2D eigenvalue weighted by atomic mass is 10.1. The molecular formula is C18H17NO2. The van der Waals surface area contributed by atoms with Gasteiger partial charge in [-0.05, 0) is 30.2 Å². The number of para-hydroxylation sites is 1. The molecule has 0 radical (unpaired) electrons. The summed E-state index contributed by atoms with van der Waals surface area (Å²) < 4.78 is 5.27. The Morgan fingerprint density at radius 1 is 1.10 bits per heavy atom. The van der Waals surface area contributed by atoms with Crippen molar-refractivity contribution in [3.05, 3.63) is 65.7 Å². The molecule has 2 rings (SSSR count). The molecule has 0 aliphatic carbocycles. The first kappa shape index (κ1) is 14.7. The summed E-state index contributed by atoms with van der Waals surface area (Å²) >= 11 is 0. The van der Waals surface area contributed by atoms with Crippen molar-refractivity contribution in [2.45, 2.75) is 6.42 Å². The number of hydrogen-bond acceptors (Lipinski definition) is 2. The Kier molecular flexibility index (Phi) is 5.42. The third-order valence-electron chi connectivity index (χ3n) is 2.97. The van der Waals surface area contributed by atoms with Crippen LogP contribution in [0, 0.1) is 11.8 Å². The molecular weight excluding hydrogens is 262 g/mol. The molecule has 0 aromatic heterocycles. The fraction of sp³-hybridized carbons (Fsp3) is 0.167. The van der Waals surface area contributed by atoms with Crippen LogP contribution >= 0.6 is 0 Å². The van der Waals surface area contributed by atoms with Crippen LogP contribution < -0.4 is 10.1 Å². The molecule has 106 valence electrons. The van der Waals surface area contributed by atoms with Crippen LogP contribution in [0.1, 0.15) is 11.1 Å². The van der Waals surface area contributed by atoms with Crippen molar-refractivity contribution >= 4 is 5.91 Å². The Labute approximate surface area is 125 Å². The normalized spacial score (nSPS) is 9.38. The molecule has 1 amide bonds. The van der Waals surface area contributed by atoms with Gasteiger partial charge in [-0.2, -0.15) is 0 Å². The molecule has 0 atom stereocenters. The number of nitrogens with one attached hydrogen (secondary N) is 1. The van der Waals surface area contributed by atoms with Gasteiger partial charge in [0.05, 0.1) is 7.11 Å². The number of hydrogen-bond donors (Lipinski definition) is 1. The largest absolute Gasteiger partial charge is 0.496 e. The zero-order valence-corrected chi connectivity index (χ0v) is 11.9. The Hall–Kier alpha value is -2.73. The van der Waals surface area contributed by atoms with Crippen molar-refractivity contribution in [1.82, 2.24) is 5.32 Å². The predicted molar refractivity (Wildman–Crippen MR) is 83.0 cm³/mol. The van der Waals surface area contributed by atoms with E-state index in [4.69, 9.17) is 4.74 Å². The second kappa shape index (κ2) is 7.76. The number of methoxy groups -OCH3 is 1. The number of carbonyl (C=O) groups is 1. The van der Waals surface area contributed by atoms with E-state index in [0.29, 0.717) is 13.0 Å². The van der Waals surface area contributed by atoms with E-state index in [0.717, 1.165) is 16.9 Å². The monoisotopic (exact) mass is 279 g/mol. The Morgan fingerprint density at radius 3 is 2.57 bits per heavy atom. The molecule has 0 heterocycles. The van der Waals surface area contributed by atoms with Gasteiger partial charge in [-0.1, -0.05) is 42.3 Å². The lowest BCUT2D eigenvalue weighted by molar-refractivity contribution is -0.115. The van der Waals surface area contributed by atoms with Gasteiger partial charge in [0, 0.05) is 18.0 Å². The first-order chi connectivity index (χ1) is 10.3. The van der Waals surface area contributed by atoms with E-state index < -0.39 is 0 Å². The zero-order valence-electron chi connectivity index (χ0n) is 11.9. The van der Waals surface area contributed by atoms with Gasteiger partial charge in [-0.15, -0.1) is 0 Å². The SMILES string of the molecule is COc1ccccc1CCNC(=O)C#Cc1ccccc1. The average Bonchev–Trinajstić information content (AvgIpc) is 2.54. The minimum Gasteiger partial charge on any atom is -0.496 e. The summed E-state index contributed by atoms with van der Waals surface area (Å²) in [5.41, 5.74) is 1.90. The number of amides is 1.